The molecule has 1 aromatic rings. The van der Waals surface area contributed by atoms with E-state index >= 15 is 0 Å². The maximum Gasteiger partial charge on any atom is 0.319 e. The topological polar surface area (TPSA) is 76.7 Å². The molecule has 0 aromatic heterocycles. The van der Waals surface area contributed by atoms with Crippen molar-refractivity contribution in [1.29, 1.82) is 0 Å². The third kappa shape index (κ3) is 15.5. The van der Waals surface area contributed by atoms with Crippen LogP contribution >= 0.6 is 0 Å². The summed E-state index contributed by atoms with van der Waals surface area (Å²) < 4.78 is 10.0. The van der Waals surface area contributed by atoms with E-state index in [1.54, 1.807) is 7.11 Å². The second-order valence-corrected chi connectivity index (χ2v) is 8.26. The van der Waals surface area contributed by atoms with Crippen LogP contribution in [-0.4, -0.2) is 32.3 Å². The lowest BCUT2D eigenvalue weighted by Gasteiger charge is -2.08. The first-order valence-electron chi connectivity index (χ1n) is 12.5. The van der Waals surface area contributed by atoms with Crippen molar-refractivity contribution in [3.05, 3.63) is 24.3 Å². The summed E-state index contributed by atoms with van der Waals surface area (Å²) in [5, 5.41) is 5.74. The molecule has 1 aromatic carbocycles. The fourth-order valence-corrected chi connectivity index (χ4v) is 3.62. The molecule has 182 valence electrons. The monoisotopic (exact) mass is 448 g/mol. The van der Waals surface area contributed by atoms with Gasteiger partial charge in [0, 0.05) is 18.7 Å². The summed E-state index contributed by atoms with van der Waals surface area (Å²) in [4.78, 5) is 23.1. The van der Waals surface area contributed by atoms with E-state index in [4.69, 9.17) is 9.47 Å². The summed E-state index contributed by atoms with van der Waals surface area (Å²) in [6.07, 6.45) is 16.5. The van der Waals surface area contributed by atoms with Gasteiger partial charge in [-0.2, -0.15) is 0 Å². The number of unbranched alkanes of at least 4 members (excludes halogenated alkanes) is 12. The predicted octanol–water partition coefficient (Wildman–Crippen LogP) is 6.84. The summed E-state index contributed by atoms with van der Waals surface area (Å²) in [6, 6.07) is 7.15. The number of anilines is 1. The van der Waals surface area contributed by atoms with Gasteiger partial charge in [-0.25, -0.2) is 4.79 Å². The van der Waals surface area contributed by atoms with Crippen LogP contribution in [0.4, 0.5) is 10.5 Å². The minimum absolute atomic E-state index is 0.0565. The van der Waals surface area contributed by atoms with Gasteiger partial charge in [-0.3, -0.25) is 4.79 Å². The molecule has 0 aliphatic heterocycles. The Morgan fingerprint density at radius 3 is 1.75 bits per heavy atom. The van der Waals surface area contributed by atoms with E-state index in [1.165, 1.54) is 57.8 Å². The third-order valence-electron chi connectivity index (χ3n) is 5.50. The van der Waals surface area contributed by atoms with Crippen molar-refractivity contribution in [3.63, 3.8) is 0 Å². The van der Waals surface area contributed by atoms with E-state index in [1.807, 2.05) is 31.2 Å². The molecule has 32 heavy (non-hydrogen) atoms. The van der Waals surface area contributed by atoms with Gasteiger partial charge in [0.2, 0.25) is 0 Å². The first-order chi connectivity index (χ1) is 15.7. The van der Waals surface area contributed by atoms with Gasteiger partial charge in [0.05, 0.1) is 13.7 Å². The quantitative estimate of drug-likeness (QED) is 0.179. The number of hydrogen-bond acceptors (Lipinski definition) is 4. The smallest absolute Gasteiger partial charge is 0.319 e. The number of nitrogens with one attached hydrogen (secondary N) is 2. The molecule has 0 aliphatic rings. The van der Waals surface area contributed by atoms with E-state index < -0.39 is 0 Å². The van der Waals surface area contributed by atoms with Gasteiger partial charge < -0.3 is 20.1 Å². The average molecular weight is 449 g/mol. The molecule has 6 nitrogen and oxygen atoms in total. The number of esters is 1. The van der Waals surface area contributed by atoms with Gasteiger partial charge in [-0.15, -0.1) is 0 Å². The summed E-state index contributed by atoms with van der Waals surface area (Å²) in [6.45, 7) is 3.05. The number of benzene rings is 1. The zero-order valence-corrected chi connectivity index (χ0v) is 20.3. The van der Waals surface area contributed by atoms with Crippen molar-refractivity contribution in [2.24, 2.45) is 0 Å². The van der Waals surface area contributed by atoms with Crippen molar-refractivity contribution < 1.29 is 19.1 Å². The average Bonchev–Trinajstić information content (AvgIpc) is 2.79. The standard InChI is InChI=1S/C26H44N2O4/c1-3-32-25(29)17-15-13-11-9-7-5-4-6-8-10-12-14-16-22-27-26(30)28-23-18-20-24(31-2)21-19-23/h18-21H,3-17,22H2,1-2H3,(H2,27,28,30). The summed E-state index contributed by atoms with van der Waals surface area (Å²) >= 11 is 0. The highest BCUT2D eigenvalue weighted by Gasteiger charge is 2.02. The van der Waals surface area contributed by atoms with Crippen LogP contribution in [0.1, 0.15) is 96.8 Å². The summed E-state index contributed by atoms with van der Waals surface area (Å²) in [5.74, 6) is 0.717. The zero-order valence-electron chi connectivity index (χ0n) is 20.3. The van der Waals surface area contributed by atoms with Gasteiger partial charge in [0.15, 0.2) is 0 Å². The van der Waals surface area contributed by atoms with Crippen LogP contribution in [0.2, 0.25) is 0 Å². The SMILES string of the molecule is CCOC(=O)CCCCCCCCCCCCCCCNC(=O)Nc1ccc(OC)cc1. The lowest BCUT2D eigenvalue weighted by Crippen LogP contribution is -2.29. The van der Waals surface area contributed by atoms with Gasteiger partial charge >= 0.3 is 12.0 Å². The van der Waals surface area contributed by atoms with Gasteiger partial charge in [-0.1, -0.05) is 70.6 Å². The molecule has 0 aliphatic carbocycles. The number of urea groups is 1. The van der Waals surface area contributed by atoms with Crippen LogP contribution < -0.4 is 15.4 Å². The van der Waals surface area contributed by atoms with Crippen LogP contribution in [0.5, 0.6) is 5.75 Å². The van der Waals surface area contributed by atoms with Crippen molar-refractivity contribution >= 4 is 17.7 Å². The second-order valence-electron chi connectivity index (χ2n) is 8.26. The maximum absolute atomic E-state index is 11.9. The Kier molecular flexibility index (Phi) is 16.9. The van der Waals surface area contributed by atoms with E-state index in [2.05, 4.69) is 10.6 Å². The molecule has 0 bridgehead atoms. The molecule has 0 heterocycles. The maximum atomic E-state index is 11.9. The molecule has 1 rings (SSSR count). The molecule has 0 atom stereocenters. The molecule has 0 spiro atoms. The number of ether oxygens (including phenoxy) is 2. The number of amides is 2. The van der Waals surface area contributed by atoms with Gasteiger partial charge in [-0.05, 0) is 44.0 Å². The highest BCUT2D eigenvalue weighted by atomic mass is 16.5. The minimum Gasteiger partial charge on any atom is -0.497 e. The Hall–Kier alpha value is -2.24. The second kappa shape index (κ2) is 19.4. The van der Waals surface area contributed by atoms with Crippen molar-refractivity contribution in [1.82, 2.24) is 5.32 Å². The number of carbonyl (C=O) groups excluding carboxylic acids is 2. The van der Waals surface area contributed by atoms with Gasteiger partial charge in [0.25, 0.3) is 0 Å². The van der Waals surface area contributed by atoms with Crippen LogP contribution in [0.15, 0.2) is 24.3 Å². The first-order valence-corrected chi connectivity index (χ1v) is 12.5. The number of hydrogen-bond donors (Lipinski definition) is 2. The van der Waals surface area contributed by atoms with Crippen LogP contribution in [-0.2, 0) is 9.53 Å². The Labute approximate surface area is 194 Å². The van der Waals surface area contributed by atoms with E-state index in [9.17, 15) is 9.59 Å². The molecule has 0 saturated carbocycles. The fraction of sp³-hybridized carbons (Fsp3) is 0.692. The highest BCUT2D eigenvalue weighted by molar-refractivity contribution is 5.89. The van der Waals surface area contributed by atoms with E-state index in [0.29, 0.717) is 19.6 Å². The summed E-state index contributed by atoms with van der Waals surface area (Å²) in [7, 11) is 1.62. The Morgan fingerprint density at radius 1 is 0.750 bits per heavy atom. The number of methoxy groups -OCH3 is 1. The lowest BCUT2D eigenvalue weighted by atomic mass is 10.0. The zero-order chi connectivity index (χ0) is 23.3. The molecule has 0 fully saturated rings. The molecule has 0 unspecified atom stereocenters. The van der Waals surface area contributed by atoms with Crippen molar-refractivity contribution in [3.8, 4) is 5.75 Å². The van der Waals surface area contributed by atoms with E-state index in [0.717, 1.165) is 37.1 Å². The molecule has 0 saturated heterocycles. The highest BCUT2D eigenvalue weighted by Crippen LogP contribution is 2.15. The van der Waals surface area contributed by atoms with Crippen molar-refractivity contribution in [2.75, 3.05) is 25.6 Å². The Bertz CT molecular complexity index is 604. The third-order valence-corrected chi connectivity index (χ3v) is 5.50. The summed E-state index contributed by atoms with van der Waals surface area (Å²) in [5.41, 5.74) is 0.761. The van der Waals surface area contributed by atoms with Crippen LogP contribution in [0, 0.1) is 0 Å². The normalized spacial score (nSPS) is 10.6. The largest absolute Gasteiger partial charge is 0.497 e. The Morgan fingerprint density at radius 2 is 1.25 bits per heavy atom. The number of rotatable bonds is 19. The molecule has 2 N–H and O–H groups in total. The van der Waals surface area contributed by atoms with Gasteiger partial charge in [0.1, 0.15) is 5.75 Å². The van der Waals surface area contributed by atoms with Crippen LogP contribution in [0.3, 0.4) is 0 Å². The van der Waals surface area contributed by atoms with Crippen LogP contribution in [0.25, 0.3) is 0 Å². The lowest BCUT2D eigenvalue weighted by molar-refractivity contribution is -0.143. The molecular formula is C26H44N2O4. The minimum atomic E-state index is -0.158. The van der Waals surface area contributed by atoms with Crippen molar-refractivity contribution in [2.45, 2.75) is 96.8 Å². The number of carbonyl (C=O) groups is 2. The predicted molar refractivity (Wildman–Crippen MR) is 131 cm³/mol. The molecular weight excluding hydrogens is 404 g/mol. The molecule has 2 amide bonds. The van der Waals surface area contributed by atoms with E-state index in [-0.39, 0.29) is 12.0 Å². The molecule has 0 radical (unpaired) electrons. The molecule has 6 heteroatoms. The fourth-order valence-electron chi connectivity index (χ4n) is 3.62. The Balaban J connectivity index is 1.80. The first kappa shape index (κ1) is 27.8.